The first kappa shape index (κ1) is 7.74. The standard InChI is InChI=1S/C6H9N3O2/c1-8-6(10)5-2-4(3-7)11-9-5/h2H,3,7H2,1H3,(H,8,10). The topological polar surface area (TPSA) is 81.2 Å². The van der Waals surface area contributed by atoms with Crippen LogP contribution in [0.1, 0.15) is 16.2 Å². The van der Waals surface area contributed by atoms with Crippen LogP contribution in [-0.2, 0) is 6.54 Å². The van der Waals surface area contributed by atoms with Crippen molar-refractivity contribution in [1.82, 2.24) is 10.5 Å². The van der Waals surface area contributed by atoms with Gasteiger partial charge < -0.3 is 15.6 Å². The van der Waals surface area contributed by atoms with Gasteiger partial charge in [-0.3, -0.25) is 4.79 Å². The highest BCUT2D eigenvalue weighted by atomic mass is 16.5. The van der Waals surface area contributed by atoms with Gasteiger partial charge in [0.15, 0.2) is 11.5 Å². The van der Waals surface area contributed by atoms with Crippen LogP contribution >= 0.6 is 0 Å². The van der Waals surface area contributed by atoms with E-state index in [1.165, 1.54) is 13.1 Å². The van der Waals surface area contributed by atoms with E-state index in [0.29, 0.717) is 5.76 Å². The highest BCUT2D eigenvalue weighted by Crippen LogP contribution is 2.01. The Morgan fingerprint density at radius 1 is 1.91 bits per heavy atom. The molecule has 1 heterocycles. The Morgan fingerprint density at radius 2 is 2.64 bits per heavy atom. The molecule has 1 amide bonds. The van der Waals surface area contributed by atoms with Gasteiger partial charge in [-0.05, 0) is 0 Å². The number of hydrogen-bond acceptors (Lipinski definition) is 4. The minimum Gasteiger partial charge on any atom is -0.359 e. The van der Waals surface area contributed by atoms with Crippen molar-refractivity contribution < 1.29 is 9.32 Å². The summed E-state index contributed by atoms with van der Waals surface area (Å²) in [6.07, 6.45) is 0. The van der Waals surface area contributed by atoms with Crippen molar-refractivity contribution in [3.8, 4) is 0 Å². The Balaban J connectivity index is 2.80. The monoisotopic (exact) mass is 155 g/mol. The third-order valence-corrected chi connectivity index (χ3v) is 1.22. The van der Waals surface area contributed by atoms with Gasteiger partial charge in [0.2, 0.25) is 0 Å². The van der Waals surface area contributed by atoms with Crippen molar-refractivity contribution in [2.24, 2.45) is 5.73 Å². The second-order valence-electron chi connectivity index (χ2n) is 1.96. The summed E-state index contributed by atoms with van der Waals surface area (Å²) in [6, 6.07) is 1.51. The summed E-state index contributed by atoms with van der Waals surface area (Å²) in [4.78, 5) is 10.9. The van der Waals surface area contributed by atoms with Crippen LogP contribution < -0.4 is 11.1 Å². The van der Waals surface area contributed by atoms with E-state index in [9.17, 15) is 4.79 Å². The zero-order chi connectivity index (χ0) is 8.27. The van der Waals surface area contributed by atoms with Crippen molar-refractivity contribution in [2.75, 3.05) is 7.05 Å². The minimum absolute atomic E-state index is 0.254. The molecule has 1 rings (SSSR count). The number of hydrogen-bond donors (Lipinski definition) is 2. The number of carbonyl (C=O) groups excluding carboxylic acids is 1. The van der Waals surface area contributed by atoms with E-state index < -0.39 is 0 Å². The van der Waals surface area contributed by atoms with Crippen molar-refractivity contribution in [3.05, 3.63) is 17.5 Å². The second kappa shape index (κ2) is 3.16. The molecule has 5 heteroatoms. The molecule has 0 spiro atoms. The van der Waals surface area contributed by atoms with Crippen LogP contribution in [0.15, 0.2) is 10.6 Å². The minimum atomic E-state index is -0.270. The lowest BCUT2D eigenvalue weighted by Crippen LogP contribution is -2.17. The lowest BCUT2D eigenvalue weighted by molar-refractivity contribution is 0.0954. The van der Waals surface area contributed by atoms with Crippen LogP contribution in [-0.4, -0.2) is 18.1 Å². The number of amides is 1. The third kappa shape index (κ3) is 1.56. The molecule has 0 saturated carbocycles. The van der Waals surface area contributed by atoms with E-state index in [1.54, 1.807) is 0 Å². The Labute approximate surface area is 63.5 Å². The number of nitrogens with one attached hydrogen (secondary N) is 1. The molecule has 3 N–H and O–H groups in total. The van der Waals surface area contributed by atoms with Gasteiger partial charge in [-0.25, -0.2) is 0 Å². The number of carbonyl (C=O) groups is 1. The molecule has 0 radical (unpaired) electrons. The molecule has 5 nitrogen and oxygen atoms in total. The van der Waals surface area contributed by atoms with Gasteiger partial charge in [-0.2, -0.15) is 0 Å². The van der Waals surface area contributed by atoms with Gasteiger partial charge >= 0.3 is 0 Å². The maximum Gasteiger partial charge on any atom is 0.273 e. The largest absolute Gasteiger partial charge is 0.359 e. The van der Waals surface area contributed by atoms with E-state index in [1.807, 2.05) is 0 Å². The fourth-order valence-corrected chi connectivity index (χ4v) is 0.644. The molecule has 0 fully saturated rings. The van der Waals surface area contributed by atoms with E-state index in [4.69, 9.17) is 10.3 Å². The highest BCUT2D eigenvalue weighted by Gasteiger charge is 2.08. The van der Waals surface area contributed by atoms with E-state index >= 15 is 0 Å². The van der Waals surface area contributed by atoms with E-state index in [-0.39, 0.29) is 18.1 Å². The van der Waals surface area contributed by atoms with Crippen LogP contribution in [0.25, 0.3) is 0 Å². The quantitative estimate of drug-likeness (QED) is 0.602. The van der Waals surface area contributed by atoms with Crippen molar-refractivity contribution in [1.29, 1.82) is 0 Å². The van der Waals surface area contributed by atoms with Crippen LogP contribution in [0.2, 0.25) is 0 Å². The molecular weight excluding hydrogens is 146 g/mol. The molecule has 60 valence electrons. The predicted octanol–water partition coefficient (Wildman–Crippen LogP) is -0.507. The fraction of sp³-hybridized carbons (Fsp3) is 0.333. The van der Waals surface area contributed by atoms with Gasteiger partial charge in [0.1, 0.15) is 0 Å². The molecule has 0 bridgehead atoms. The van der Waals surface area contributed by atoms with Gasteiger partial charge in [-0.15, -0.1) is 0 Å². The second-order valence-corrected chi connectivity index (χ2v) is 1.96. The summed E-state index contributed by atoms with van der Waals surface area (Å²) >= 11 is 0. The van der Waals surface area contributed by atoms with Gasteiger partial charge in [0, 0.05) is 13.1 Å². The van der Waals surface area contributed by atoms with Crippen LogP contribution in [0.4, 0.5) is 0 Å². The zero-order valence-corrected chi connectivity index (χ0v) is 6.13. The van der Waals surface area contributed by atoms with E-state index in [2.05, 4.69) is 10.5 Å². The fourth-order valence-electron chi connectivity index (χ4n) is 0.644. The van der Waals surface area contributed by atoms with Crippen LogP contribution in [0.5, 0.6) is 0 Å². The summed E-state index contributed by atoms with van der Waals surface area (Å²) in [5.41, 5.74) is 5.50. The summed E-state index contributed by atoms with van der Waals surface area (Å²) < 4.78 is 4.70. The Hall–Kier alpha value is -1.36. The van der Waals surface area contributed by atoms with Crippen LogP contribution in [0.3, 0.4) is 0 Å². The first-order valence-electron chi connectivity index (χ1n) is 3.15. The summed E-state index contributed by atoms with van der Waals surface area (Å²) in [5, 5.41) is 5.91. The summed E-state index contributed by atoms with van der Waals surface area (Å²) in [6.45, 7) is 0.254. The number of rotatable bonds is 2. The first-order chi connectivity index (χ1) is 5.27. The van der Waals surface area contributed by atoms with Crippen molar-refractivity contribution in [2.45, 2.75) is 6.54 Å². The smallest absolute Gasteiger partial charge is 0.273 e. The molecule has 1 aromatic heterocycles. The molecule has 0 aliphatic carbocycles. The molecule has 0 unspecified atom stereocenters. The van der Waals surface area contributed by atoms with Gasteiger partial charge in [-0.1, -0.05) is 5.16 Å². The Bertz CT molecular complexity index is 256. The molecular formula is C6H9N3O2. The zero-order valence-electron chi connectivity index (χ0n) is 6.13. The maximum atomic E-state index is 10.9. The van der Waals surface area contributed by atoms with Gasteiger partial charge in [0.05, 0.1) is 6.54 Å². The highest BCUT2D eigenvalue weighted by molar-refractivity contribution is 5.91. The molecule has 0 saturated heterocycles. The maximum absolute atomic E-state index is 10.9. The van der Waals surface area contributed by atoms with E-state index in [0.717, 1.165) is 0 Å². The third-order valence-electron chi connectivity index (χ3n) is 1.22. The summed E-state index contributed by atoms with van der Waals surface area (Å²) in [7, 11) is 1.53. The molecule has 0 aromatic carbocycles. The lowest BCUT2D eigenvalue weighted by atomic mass is 10.3. The number of nitrogens with zero attached hydrogens (tertiary/aromatic N) is 1. The van der Waals surface area contributed by atoms with Crippen molar-refractivity contribution in [3.63, 3.8) is 0 Å². The molecule has 0 aliphatic rings. The normalized spacial score (nSPS) is 9.64. The SMILES string of the molecule is CNC(=O)c1cc(CN)on1. The summed E-state index contributed by atoms with van der Waals surface area (Å²) in [5.74, 6) is 0.233. The lowest BCUT2D eigenvalue weighted by Gasteiger charge is -1.88. The van der Waals surface area contributed by atoms with Crippen molar-refractivity contribution >= 4 is 5.91 Å². The van der Waals surface area contributed by atoms with Gasteiger partial charge in [0.25, 0.3) is 5.91 Å². The molecule has 1 aromatic rings. The molecule has 0 atom stereocenters. The molecule has 0 aliphatic heterocycles. The predicted molar refractivity (Wildman–Crippen MR) is 37.8 cm³/mol. The average molecular weight is 155 g/mol. The molecule has 11 heavy (non-hydrogen) atoms. The number of nitrogens with two attached hydrogens (primary N) is 1. The average Bonchev–Trinajstić information content (AvgIpc) is 2.50. The van der Waals surface area contributed by atoms with Crippen LogP contribution in [0, 0.1) is 0 Å². The first-order valence-corrected chi connectivity index (χ1v) is 3.15. The number of aromatic nitrogens is 1. The Kier molecular flexibility index (Phi) is 2.22. The Morgan fingerprint density at radius 3 is 3.09 bits per heavy atom.